The van der Waals surface area contributed by atoms with Crippen molar-refractivity contribution in [3.63, 3.8) is 0 Å². The van der Waals surface area contributed by atoms with Crippen molar-refractivity contribution in [3.8, 4) is 0 Å². The van der Waals surface area contributed by atoms with Gasteiger partial charge in [-0.2, -0.15) is 0 Å². The van der Waals surface area contributed by atoms with E-state index in [1.54, 1.807) is 6.92 Å². The van der Waals surface area contributed by atoms with Gasteiger partial charge >= 0.3 is 5.97 Å². The van der Waals surface area contributed by atoms with Crippen LogP contribution in [-0.2, 0) is 11.2 Å². The van der Waals surface area contributed by atoms with Crippen LogP contribution in [0.1, 0.15) is 22.8 Å². The van der Waals surface area contributed by atoms with Gasteiger partial charge in [0.25, 0.3) is 5.69 Å². The van der Waals surface area contributed by atoms with Crippen LogP contribution < -0.4 is 0 Å². The highest BCUT2D eigenvalue weighted by Crippen LogP contribution is 2.20. The molecule has 0 saturated carbocycles. The first-order chi connectivity index (χ1) is 7.10. The van der Waals surface area contributed by atoms with Gasteiger partial charge in [-0.1, -0.05) is 6.92 Å². The normalized spacial score (nSPS) is 9.73. The molecule has 0 aliphatic heterocycles. The Labute approximate surface area is 86.8 Å². The molecule has 0 radical (unpaired) electrons. The molecule has 0 saturated heterocycles. The van der Waals surface area contributed by atoms with Crippen molar-refractivity contribution >= 4 is 11.7 Å². The molecule has 0 spiro atoms. The van der Waals surface area contributed by atoms with E-state index in [1.165, 1.54) is 25.3 Å². The molecule has 0 aliphatic rings. The number of ether oxygens (including phenoxy) is 1. The highest BCUT2D eigenvalue weighted by Gasteiger charge is 2.15. The van der Waals surface area contributed by atoms with Gasteiger partial charge in [0.05, 0.1) is 17.6 Å². The molecule has 0 amide bonds. The molecule has 0 aromatic heterocycles. The first-order valence-corrected chi connectivity index (χ1v) is 4.45. The van der Waals surface area contributed by atoms with E-state index in [0.29, 0.717) is 17.5 Å². The van der Waals surface area contributed by atoms with Gasteiger partial charge in [0.1, 0.15) is 0 Å². The van der Waals surface area contributed by atoms with E-state index in [4.69, 9.17) is 0 Å². The summed E-state index contributed by atoms with van der Waals surface area (Å²) in [6.45, 7) is 1.80. The molecule has 80 valence electrons. The fourth-order valence-electron chi connectivity index (χ4n) is 1.29. The molecule has 1 aromatic carbocycles. The summed E-state index contributed by atoms with van der Waals surface area (Å²) >= 11 is 0. The smallest absolute Gasteiger partial charge is 0.337 e. The van der Waals surface area contributed by atoms with Crippen LogP contribution in [-0.4, -0.2) is 18.0 Å². The van der Waals surface area contributed by atoms with Crippen molar-refractivity contribution in [1.29, 1.82) is 0 Å². The highest BCUT2D eigenvalue weighted by atomic mass is 16.6. The molecule has 0 bridgehead atoms. The van der Waals surface area contributed by atoms with Crippen LogP contribution in [0, 0.1) is 10.1 Å². The van der Waals surface area contributed by atoms with Gasteiger partial charge in [-0.3, -0.25) is 10.1 Å². The second-order valence-corrected chi connectivity index (χ2v) is 2.95. The fraction of sp³-hybridized carbons (Fsp3) is 0.300. The molecule has 0 N–H and O–H groups in total. The number of carbonyl (C=O) groups excluding carboxylic acids is 1. The lowest BCUT2D eigenvalue weighted by Crippen LogP contribution is -2.03. The lowest BCUT2D eigenvalue weighted by Gasteiger charge is -2.02. The monoisotopic (exact) mass is 209 g/mol. The number of hydrogen-bond acceptors (Lipinski definition) is 4. The van der Waals surface area contributed by atoms with Gasteiger partial charge < -0.3 is 4.74 Å². The molecular formula is C10H11NO4. The number of nitrogens with zero attached hydrogens (tertiary/aromatic N) is 1. The van der Waals surface area contributed by atoms with Gasteiger partial charge in [0, 0.05) is 11.6 Å². The lowest BCUT2D eigenvalue weighted by molar-refractivity contribution is -0.385. The Morgan fingerprint density at radius 3 is 2.67 bits per heavy atom. The summed E-state index contributed by atoms with van der Waals surface area (Å²) < 4.78 is 4.53. The van der Waals surface area contributed by atoms with Crippen molar-refractivity contribution < 1.29 is 14.5 Å². The molecule has 5 heteroatoms. The average Bonchev–Trinajstić information content (AvgIpc) is 2.26. The van der Waals surface area contributed by atoms with Gasteiger partial charge in [0.2, 0.25) is 0 Å². The summed E-state index contributed by atoms with van der Waals surface area (Å²) in [5.41, 5.74) is 0.896. The Bertz CT molecular complexity index is 400. The first kappa shape index (κ1) is 11.2. The number of benzene rings is 1. The van der Waals surface area contributed by atoms with Crippen LogP contribution >= 0.6 is 0 Å². The number of nitro benzene ring substituents is 1. The standard InChI is InChI=1S/C10H11NO4/c1-3-7-6-8(10(12)15-2)4-5-9(7)11(13)14/h4-6H,3H2,1-2H3. The molecular weight excluding hydrogens is 198 g/mol. The topological polar surface area (TPSA) is 69.4 Å². The number of nitro groups is 1. The Morgan fingerprint density at radius 1 is 1.53 bits per heavy atom. The highest BCUT2D eigenvalue weighted by molar-refractivity contribution is 5.89. The maximum atomic E-state index is 11.2. The lowest BCUT2D eigenvalue weighted by atomic mass is 10.1. The van der Waals surface area contributed by atoms with Crippen LogP contribution in [0.3, 0.4) is 0 Å². The van der Waals surface area contributed by atoms with Crippen LogP contribution in [0.5, 0.6) is 0 Å². The summed E-state index contributed by atoms with van der Waals surface area (Å²) in [5, 5.41) is 10.6. The predicted octanol–water partition coefficient (Wildman–Crippen LogP) is 1.94. The number of methoxy groups -OCH3 is 1. The number of rotatable bonds is 3. The van der Waals surface area contributed by atoms with Crippen LogP contribution in [0.25, 0.3) is 0 Å². The third-order valence-electron chi connectivity index (χ3n) is 2.08. The summed E-state index contributed by atoms with van der Waals surface area (Å²) in [6.07, 6.45) is 0.501. The molecule has 1 aromatic rings. The Kier molecular flexibility index (Phi) is 3.38. The third kappa shape index (κ3) is 2.31. The molecule has 0 aliphatic carbocycles. The maximum absolute atomic E-state index is 11.2. The molecule has 0 unspecified atom stereocenters. The second-order valence-electron chi connectivity index (χ2n) is 2.95. The minimum atomic E-state index is -0.486. The van der Waals surface area contributed by atoms with Crippen molar-refractivity contribution in [2.45, 2.75) is 13.3 Å². The Hall–Kier alpha value is -1.91. The predicted molar refractivity (Wildman–Crippen MR) is 53.8 cm³/mol. The summed E-state index contributed by atoms with van der Waals surface area (Å²) in [5.74, 6) is -0.486. The zero-order chi connectivity index (χ0) is 11.4. The molecule has 0 heterocycles. The van der Waals surface area contributed by atoms with E-state index in [1.807, 2.05) is 0 Å². The van der Waals surface area contributed by atoms with Crippen molar-refractivity contribution in [2.24, 2.45) is 0 Å². The van der Waals surface area contributed by atoms with Gasteiger partial charge in [-0.05, 0) is 18.6 Å². The molecule has 0 fully saturated rings. The Balaban J connectivity index is 3.19. The van der Waals surface area contributed by atoms with Crippen molar-refractivity contribution in [1.82, 2.24) is 0 Å². The van der Waals surface area contributed by atoms with Crippen LogP contribution in [0.15, 0.2) is 18.2 Å². The SMILES string of the molecule is CCc1cc(C(=O)OC)ccc1[N+](=O)[O-]. The van der Waals surface area contributed by atoms with E-state index in [-0.39, 0.29) is 5.69 Å². The zero-order valence-corrected chi connectivity index (χ0v) is 8.52. The number of carbonyl (C=O) groups is 1. The third-order valence-corrected chi connectivity index (χ3v) is 2.08. The fourth-order valence-corrected chi connectivity index (χ4v) is 1.29. The molecule has 15 heavy (non-hydrogen) atoms. The summed E-state index contributed by atoms with van der Waals surface area (Å²) in [6, 6.07) is 4.21. The molecule has 0 atom stereocenters. The number of aryl methyl sites for hydroxylation is 1. The van der Waals surface area contributed by atoms with Gasteiger partial charge in [-0.15, -0.1) is 0 Å². The summed E-state index contributed by atoms with van der Waals surface area (Å²) in [7, 11) is 1.27. The Morgan fingerprint density at radius 2 is 2.20 bits per heavy atom. The molecule has 5 nitrogen and oxygen atoms in total. The number of esters is 1. The van der Waals surface area contributed by atoms with E-state index in [9.17, 15) is 14.9 Å². The van der Waals surface area contributed by atoms with Gasteiger partial charge in [-0.25, -0.2) is 4.79 Å². The van der Waals surface area contributed by atoms with Crippen LogP contribution in [0.4, 0.5) is 5.69 Å². The van der Waals surface area contributed by atoms with E-state index < -0.39 is 10.9 Å². The maximum Gasteiger partial charge on any atom is 0.337 e. The van der Waals surface area contributed by atoms with E-state index >= 15 is 0 Å². The second kappa shape index (κ2) is 4.54. The zero-order valence-electron chi connectivity index (χ0n) is 8.52. The quantitative estimate of drug-likeness (QED) is 0.433. The van der Waals surface area contributed by atoms with Crippen molar-refractivity contribution in [3.05, 3.63) is 39.4 Å². The number of hydrogen-bond donors (Lipinski definition) is 0. The van der Waals surface area contributed by atoms with Crippen molar-refractivity contribution in [2.75, 3.05) is 7.11 Å². The van der Waals surface area contributed by atoms with E-state index in [0.717, 1.165) is 0 Å². The summed E-state index contributed by atoms with van der Waals surface area (Å²) in [4.78, 5) is 21.3. The van der Waals surface area contributed by atoms with Crippen LogP contribution in [0.2, 0.25) is 0 Å². The first-order valence-electron chi connectivity index (χ1n) is 4.45. The van der Waals surface area contributed by atoms with Gasteiger partial charge in [0.15, 0.2) is 0 Å². The van der Waals surface area contributed by atoms with E-state index in [2.05, 4.69) is 4.74 Å². The largest absolute Gasteiger partial charge is 0.465 e. The average molecular weight is 209 g/mol. The minimum absolute atomic E-state index is 0.0325. The minimum Gasteiger partial charge on any atom is -0.465 e. The molecule has 1 rings (SSSR count).